The number of rotatable bonds is 8. The first-order valence-electron chi connectivity index (χ1n) is 11.4. The lowest BCUT2D eigenvalue weighted by atomic mass is 9.80. The standard InChI is InChI=1S/C26H33N3O3.ClH/c1-27(15-13-18-8-5-6-10-24(18)32-4)14-7-9-19-11-12-20-16-22-23(17-21(20)25(19)30)29(3)26(31)28(22)2;/h5-6,8,10,16-17,19H,7,9,11-15H2,1-4H3;1H. The van der Waals surface area contributed by atoms with E-state index in [0.717, 1.165) is 73.1 Å². The van der Waals surface area contributed by atoms with Gasteiger partial charge in [-0.2, -0.15) is 0 Å². The van der Waals surface area contributed by atoms with Gasteiger partial charge < -0.3 is 9.64 Å². The SMILES string of the molecule is COc1ccccc1CCN(C)CCCC1CCc2cc3c(cc2C1=O)n(C)c(=O)n3C.Cl. The number of Topliss-reactive ketones (excluding diaryl/α,β-unsaturated/α-hetero) is 1. The molecule has 1 unspecified atom stereocenters. The highest BCUT2D eigenvalue weighted by Gasteiger charge is 2.28. The highest BCUT2D eigenvalue weighted by atomic mass is 35.5. The number of likely N-dealkylation sites (N-methyl/N-ethyl adjacent to an activating group) is 1. The summed E-state index contributed by atoms with van der Waals surface area (Å²) in [6.07, 6.45) is 4.64. The zero-order chi connectivity index (χ0) is 22.8. The van der Waals surface area contributed by atoms with Crippen LogP contribution in [-0.4, -0.2) is 47.1 Å². The van der Waals surface area contributed by atoms with Crippen molar-refractivity contribution in [1.82, 2.24) is 14.0 Å². The van der Waals surface area contributed by atoms with Gasteiger partial charge in [0.15, 0.2) is 5.78 Å². The first-order chi connectivity index (χ1) is 15.4. The third-order valence-electron chi connectivity index (χ3n) is 6.94. The molecule has 0 fully saturated rings. The predicted octanol–water partition coefficient (Wildman–Crippen LogP) is 4.01. The third-order valence-corrected chi connectivity index (χ3v) is 6.94. The normalized spacial score (nSPS) is 15.5. The maximum Gasteiger partial charge on any atom is 0.328 e. The van der Waals surface area contributed by atoms with Crippen LogP contribution in [0.4, 0.5) is 0 Å². The van der Waals surface area contributed by atoms with Gasteiger partial charge in [-0.15, -0.1) is 12.4 Å². The Morgan fingerprint density at radius 2 is 1.76 bits per heavy atom. The average Bonchev–Trinajstić information content (AvgIpc) is 3.02. The fourth-order valence-electron chi connectivity index (χ4n) is 4.92. The number of aromatic nitrogens is 2. The summed E-state index contributed by atoms with van der Waals surface area (Å²) in [5.41, 5.74) is 4.79. The van der Waals surface area contributed by atoms with Crippen LogP contribution in [0.2, 0.25) is 0 Å². The first-order valence-corrected chi connectivity index (χ1v) is 11.4. The van der Waals surface area contributed by atoms with Crippen molar-refractivity contribution in [3.8, 4) is 5.75 Å². The quantitative estimate of drug-likeness (QED) is 0.498. The number of aryl methyl sites for hydroxylation is 3. The number of hydrogen-bond acceptors (Lipinski definition) is 4. The summed E-state index contributed by atoms with van der Waals surface area (Å²) in [4.78, 5) is 27.8. The van der Waals surface area contributed by atoms with E-state index >= 15 is 0 Å². The molecule has 1 aliphatic rings. The van der Waals surface area contributed by atoms with Crippen LogP contribution in [0.3, 0.4) is 0 Å². The molecule has 0 spiro atoms. The zero-order valence-electron chi connectivity index (χ0n) is 20.0. The van der Waals surface area contributed by atoms with Crippen molar-refractivity contribution in [1.29, 1.82) is 0 Å². The van der Waals surface area contributed by atoms with Gasteiger partial charge >= 0.3 is 5.69 Å². The molecule has 0 aliphatic heterocycles. The van der Waals surface area contributed by atoms with Crippen LogP contribution >= 0.6 is 12.4 Å². The molecule has 0 bridgehead atoms. The predicted molar refractivity (Wildman–Crippen MR) is 135 cm³/mol. The molecule has 1 heterocycles. The number of benzene rings is 2. The molecule has 6 nitrogen and oxygen atoms in total. The number of imidazole rings is 1. The topological polar surface area (TPSA) is 56.5 Å². The molecular weight excluding hydrogens is 438 g/mol. The van der Waals surface area contributed by atoms with E-state index < -0.39 is 0 Å². The van der Waals surface area contributed by atoms with Gasteiger partial charge in [-0.25, -0.2) is 4.79 Å². The number of carbonyl (C=O) groups is 1. The summed E-state index contributed by atoms with van der Waals surface area (Å²) in [7, 11) is 7.40. The monoisotopic (exact) mass is 471 g/mol. The summed E-state index contributed by atoms with van der Waals surface area (Å²) < 4.78 is 8.73. The van der Waals surface area contributed by atoms with Crippen LogP contribution in [0.25, 0.3) is 11.0 Å². The zero-order valence-corrected chi connectivity index (χ0v) is 20.8. The van der Waals surface area contributed by atoms with Crippen molar-refractivity contribution < 1.29 is 9.53 Å². The van der Waals surface area contributed by atoms with E-state index in [1.807, 2.05) is 30.3 Å². The number of nitrogens with zero attached hydrogens (tertiary/aromatic N) is 3. The number of para-hydroxylation sites is 1. The largest absolute Gasteiger partial charge is 0.496 e. The highest BCUT2D eigenvalue weighted by Crippen LogP contribution is 2.31. The number of fused-ring (bicyclic) bond motifs is 2. The van der Waals surface area contributed by atoms with Crippen molar-refractivity contribution in [2.75, 3.05) is 27.2 Å². The van der Waals surface area contributed by atoms with Gasteiger partial charge in [0, 0.05) is 32.1 Å². The molecule has 2 aromatic carbocycles. The Labute approximate surface area is 201 Å². The molecular formula is C26H34ClN3O3. The van der Waals surface area contributed by atoms with E-state index in [1.54, 1.807) is 30.3 Å². The van der Waals surface area contributed by atoms with Crippen molar-refractivity contribution in [2.45, 2.75) is 32.1 Å². The summed E-state index contributed by atoms with van der Waals surface area (Å²) in [5.74, 6) is 1.25. The minimum atomic E-state index is -0.0532. The van der Waals surface area contributed by atoms with E-state index in [1.165, 1.54) is 5.56 Å². The van der Waals surface area contributed by atoms with Crippen LogP contribution in [0, 0.1) is 5.92 Å². The fraction of sp³-hybridized carbons (Fsp3) is 0.462. The number of ether oxygens (including phenoxy) is 1. The van der Waals surface area contributed by atoms with Crippen molar-refractivity contribution >= 4 is 29.2 Å². The van der Waals surface area contributed by atoms with Gasteiger partial charge in [0.05, 0.1) is 18.1 Å². The van der Waals surface area contributed by atoms with Crippen LogP contribution in [0.5, 0.6) is 5.75 Å². The Balaban J connectivity index is 0.00000306. The smallest absolute Gasteiger partial charge is 0.328 e. The van der Waals surface area contributed by atoms with Gasteiger partial charge in [-0.3, -0.25) is 13.9 Å². The van der Waals surface area contributed by atoms with Crippen LogP contribution < -0.4 is 10.4 Å². The van der Waals surface area contributed by atoms with E-state index in [4.69, 9.17) is 4.74 Å². The van der Waals surface area contributed by atoms with Crippen molar-refractivity contribution in [2.24, 2.45) is 20.0 Å². The molecule has 0 saturated heterocycles. The Kier molecular flexibility index (Phi) is 8.03. The lowest BCUT2D eigenvalue weighted by molar-refractivity contribution is 0.0891. The number of halogens is 1. The van der Waals surface area contributed by atoms with Gasteiger partial charge in [0.2, 0.25) is 0 Å². The number of hydrogen-bond donors (Lipinski definition) is 0. The number of carbonyl (C=O) groups excluding carboxylic acids is 1. The molecule has 3 aromatic rings. The van der Waals surface area contributed by atoms with E-state index in [2.05, 4.69) is 18.0 Å². The second-order valence-corrected chi connectivity index (χ2v) is 9.01. The molecule has 178 valence electrons. The third kappa shape index (κ3) is 5.02. The first kappa shape index (κ1) is 25.1. The van der Waals surface area contributed by atoms with Gasteiger partial charge in [0.1, 0.15) is 5.75 Å². The molecule has 33 heavy (non-hydrogen) atoms. The van der Waals surface area contributed by atoms with Crippen molar-refractivity contribution in [3.05, 3.63) is 63.6 Å². The van der Waals surface area contributed by atoms with Gasteiger partial charge in [-0.1, -0.05) is 18.2 Å². The minimum absolute atomic E-state index is 0. The van der Waals surface area contributed by atoms with E-state index in [0.29, 0.717) is 0 Å². The molecule has 1 atom stereocenters. The molecule has 7 heteroatoms. The molecule has 0 saturated carbocycles. The molecule has 1 aliphatic carbocycles. The summed E-state index contributed by atoms with van der Waals surface area (Å²) in [6, 6.07) is 12.1. The van der Waals surface area contributed by atoms with Gasteiger partial charge in [-0.05, 0) is 75.0 Å². The van der Waals surface area contributed by atoms with Gasteiger partial charge in [0.25, 0.3) is 0 Å². The highest BCUT2D eigenvalue weighted by molar-refractivity contribution is 6.03. The lowest BCUT2D eigenvalue weighted by Gasteiger charge is -2.24. The fourth-order valence-corrected chi connectivity index (χ4v) is 4.92. The van der Waals surface area contributed by atoms with E-state index in [9.17, 15) is 9.59 Å². The second-order valence-electron chi connectivity index (χ2n) is 9.01. The lowest BCUT2D eigenvalue weighted by Crippen LogP contribution is -2.26. The molecule has 4 rings (SSSR count). The number of ketones is 1. The number of methoxy groups -OCH3 is 1. The van der Waals surface area contributed by atoms with Crippen molar-refractivity contribution in [3.63, 3.8) is 0 Å². The minimum Gasteiger partial charge on any atom is -0.496 e. The van der Waals surface area contributed by atoms with Crippen LogP contribution in [-0.2, 0) is 26.9 Å². The Hall–Kier alpha value is -2.57. The molecule has 1 aromatic heterocycles. The van der Waals surface area contributed by atoms with E-state index in [-0.39, 0.29) is 29.8 Å². The Morgan fingerprint density at radius 1 is 1.06 bits per heavy atom. The summed E-state index contributed by atoms with van der Waals surface area (Å²) in [5, 5.41) is 0. The summed E-state index contributed by atoms with van der Waals surface area (Å²) >= 11 is 0. The second kappa shape index (κ2) is 10.6. The summed E-state index contributed by atoms with van der Waals surface area (Å²) in [6.45, 7) is 1.93. The molecule has 0 N–H and O–H groups in total. The Morgan fingerprint density at radius 3 is 2.48 bits per heavy atom. The Bertz CT molecular complexity index is 1200. The van der Waals surface area contributed by atoms with Crippen LogP contribution in [0.1, 0.15) is 40.7 Å². The maximum atomic E-state index is 13.2. The molecule has 0 amide bonds. The molecule has 0 radical (unpaired) electrons. The van der Waals surface area contributed by atoms with Crippen LogP contribution in [0.15, 0.2) is 41.2 Å². The maximum absolute atomic E-state index is 13.2. The average molecular weight is 472 g/mol.